The minimum Gasteiger partial charge on any atom is -0.288 e. The highest BCUT2D eigenvalue weighted by Gasteiger charge is 2.09. The lowest BCUT2D eigenvalue weighted by Gasteiger charge is -2.09. The third-order valence-corrected chi connectivity index (χ3v) is 5.13. The lowest BCUT2D eigenvalue weighted by Crippen LogP contribution is -2.23. The fourth-order valence-corrected chi connectivity index (χ4v) is 3.48. The fourth-order valence-electron chi connectivity index (χ4n) is 1.95. The summed E-state index contributed by atoms with van der Waals surface area (Å²) in [6.45, 7) is 0. The number of thiophene rings is 1. The molecule has 0 unspecified atom stereocenters. The Kier molecular flexibility index (Phi) is 4.64. The van der Waals surface area contributed by atoms with Gasteiger partial charge in [0.1, 0.15) is 5.82 Å². The van der Waals surface area contributed by atoms with Crippen molar-refractivity contribution in [1.29, 1.82) is 0 Å². The van der Waals surface area contributed by atoms with Gasteiger partial charge < -0.3 is 0 Å². The summed E-state index contributed by atoms with van der Waals surface area (Å²) in [5.41, 5.74) is 0.960. The van der Waals surface area contributed by atoms with E-state index in [1.807, 2.05) is 17.5 Å². The number of aromatic nitrogens is 1. The van der Waals surface area contributed by atoms with Crippen molar-refractivity contribution in [3.63, 3.8) is 0 Å². The summed E-state index contributed by atoms with van der Waals surface area (Å²) in [6, 6.07) is 10.3. The number of likely N-dealkylation sites (N-methyl/N-ethyl adjacent to an activating group) is 1. The van der Waals surface area contributed by atoms with Gasteiger partial charge in [-0.25, -0.2) is 9.37 Å². The summed E-state index contributed by atoms with van der Waals surface area (Å²) in [4.78, 5) is 19.7. The summed E-state index contributed by atoms with van der Waals surface area (Å²) < 4.78 is 13.0. The number of amides is 1. The highest BCUT2D eigenvalue weighted by Crippen LogP contribution is 2.29. The predicted octanol–water partition coefficient (Wildman–Crippen LogP) is 4.69. The van der Waals surface area contributed by atoms with Gasteiger partial charge in [-0.3, -0.25) is 9.69 Å². The molecule has 3 aromatic rings. The zero-order valence-corrected chi connectivity index (χ0v) is 13.9. The maximum absolute atomic E-state index is 13.0. The number of halogens is 1. The molecule has 1 amide bonds. The van der Waals surface area contributed by atoms with E-state index in [4.69, 9.17) is 0 Å². The van der Waals surface area contributed by atoms with Gasteiger partial charge in [-0.05, 0) is 35.9 Å². The van der Waals surface area contributed by atoms with Crippen LogP contribution < -0.4 is 4.90 Å². The molecule has 0 saturated heterocycles. The van der Waals surface area contributed by atoms with Crippen molar-refractivity contribution in [1.82, 2.24) is 4.98 Å². The molecule has 0 spiro atoms. The SMILES string of the molecule is CN(C(=O)/C=C/c1ccc(-c2ccc(F)cc2)s1)c1nccs1. The first-order valence-electron chi connectivity index (χ1n) is 6.84. The van der Waals surface area contributed by atoms with Gasteiger partial charge in [0.15, 0.2) is 5.13 Å². The molecule has 23 heavy (non-hydrogen) atoms. The van der Waals surface area contributed by atoms with Crippen LogP contribution >= 0.6 is 22.7 Å². The fraction of sp³-hybridized carbons (Fsp3) is 0.0588. The molecular weight excluding hydrogens is 331 g/mol. The molecule has 116 valence electrons. The van der Waals surface area contributed by atoms with E-state index >= 15 is 0 Å². The monoisotopic (exact) mass is 344 g/mol. The molecule has 1 aromatic carbocycles. The maximum atomic E-state index is 13.0. The molecule has 0 atom stereocenters. The van der Waals surface area contributed by atoms with E-state index in [1.54, 1.807) is 42.8 Å². The second kappa shape index (κ2) is 6.85. The Morgan fingerprint density at radius 2 is 2.00 bits per heavy atom. The molecule has 0 fully saturated rings. The molecule has 6 heteroatoms. The van der Waals surface area contributed by atoms with E-state index in [1.165, 1.54) is 34.4 Å². The molecule has 0 N–H and O–H groups in total. The number of anilines is 1. The van der Waals surface area contributed by atoms with Crippen molar-refractivity contribution in [3.8, 4) is 10.4 Å². The molecule has 3 nitrogen and oxygen atoms in total. The predicted molar refractivity (Wildman–Crippen MR) is 94.3 cm³/mol. The van der Waals surface area contributed by atoms with Crippen molar-refractivity contribution < 1.29 is 9.18 Å². The molecule has 0 bridgehead atoms. The Morgan fingerprint density at radius 3 is 2.70 bits per heavy atom. The van der Waals surface area contributed by atoms with Crippen LogP contribution in [-0.4, -0.2) is 17.9 Å². The van der Waals surface area contributed by atoms with Gasteiger partial charge in [0.05, 0.1) is 0 Å². The Balaban J connectivity index is 1.71. The Bertz CT molecular complexity index is 823. The minimum absolute atomic E-state index is 0.128. The van der Waals surface area contributed by atoms with Crippen molar-refractivity contribution in [2.75, 3.05) is 11.9 Å². The molecular formula is C17H13FN2OS2. The van der Waals surface area contributed by atoms with E-state index in [9.17, 15) is 9.18 Å². The normalized spacial score (nSPS) is 11.0. The highest BCUT2D eigenvalue weighted by atomic mass is 32.1. The van der Waals surface area contributed by atoms with Crippen molar-refractivity contribution >= 4 is 39.8 Å². The molecule has 0 aliphatic heterocycles. The zero-order valence-electron chi connectivity index (χ0n) is 12.3. The third kappa shape index (κ3) is 3.72. The number of rotatable bonds is 4. The first-order valence-corrected chi connectivity index (χ1v) is 8.54. The van der Waals surface area contributed by atoms with Crippen molar-refractivity contribution in [3.05, 3.63) is 64.7 Å². The Hall–Kier alpha value is -2.31. The van der Waals surface area contributed by atoms with Gasteiger partial charge in [0.2, 0.25) is 0 Å². The Morgan fingerprint density at radius 1 is 1.22 bits per heavy atom. The standard InChI is InChI=1S/C17H13FN2OS2/c1-20(17-19-10-11-22-17)16(21)9-7-14-6-8-15(23-14)12-2-4-13(18)5-3-12/h2-11H,1H3/b9-7+. The smallest absolute Gasteiger partial charge is 0.252 e. The third-order valence-electron chi connectivity index (χ3n) is 3.18. The summed E-state index contributed by atoms with van der Waals surface area (Å²) in [5, 5.41) is 2.50. The van der Waals surface area contributed by atoms with Crippen LogP contribution in [0.15, 0.2) is 54.1 Å². The quantitative estimate of drug-likeness (QED) is 0.644. The minimum atomic E-state index is -0.249. The number of hydrogen-bond acceptors (Lipinski definition) is 4. The van der Waals surface area contributed by atoms with Crippen LogP contribution in [-0.2, 0) is 4.79 Å². The topological polar surface area (TPSA) is 33.2 Å². The van der Waals surface area contributed by atoms with Gasteiger partial charge in [-0.15, -0.1) is 22.7 Å². The maximum Gasteiger partial charge on any atom is 0.252 e. The summed E-state index contributed by atoms with van der Waals surface area (Å²) >= 11 is 2.97. The van der Waals surface area contributed by atoms with Crippen LogP contribution in [0.4, 0.5) is 9.52 Å². The number of benzene rings is 1. The van der Waals surface area contributed by atoms with Crippen LogP contribution in [0.3, 0.4) is 0 Å². The van der Waals surface area contributed by atoms with Crippen LogP contribution in [0.1, 0.15) is 4.88 Å². The molecule has 3 rings (SSSR count). The van der Waals surface area contributed by atoms with Gasteiger partial charge in [0.25, 0.3) is 5.91 Å². The van der Waals surface area contributed by atoms with E-state index in [0.29, 0.717) is 5.13 Å². The van der Waals surface area contributed by atoms with Crippen LogP contribution in [0.25, 0.3) is 16.5 Å². The molecule has 2 heterocycles. The average Bonchev–Trinajstić information content (AvgIpc) is 3.24. The first-order chi connectivity index (χ1) is 11.1. The molecule has 0 saturated carbocycles. The number of carbonyl (C=O) groups excluding carboxylic acids is 1. The summed E-state index contributed by atoms with van der Waals surface area (Å²) in [5.74, 6) is -0.377. The molecule has 0 radical (unpaired) electrons. The van der Waals surface area contributed by atoms with Crippen molar-refractivity contribution in [2.45, 2.75) is 0 Å². The van der Waals surface area contributed by atoms with Gasteiger partial charge in [-0.1, -0.05) is 12.1 Å². The lowest BCUT2D eigenvalue weighted by molar-refractivity contribution is -0.113. The number of nitrogens with zero attached hydrogens (tertiary/aromatic N) is 2. The van der Waals surface area contributed by atoms with Crippen molar-refractivity contribution in [2.24, 2.45) is 0 Å². The van der Waals surface area contributed by atoms with E-state index in [0.717, 1.165) is 15.3 Å². The molecule has 2 aromatic heterocycles. The van der Waals surface area contributed by atoms with Gasteiger partial charge >= 0.3 is 0 Å². The van der Waals surface area contributed by atoms with E-state index in [-0.39, 0.29) is 11.7 Å². The molecule has 0 aliphatic carbocycles. The highest BCUT2D eigenvalue weighted by molar-refractivity contribution is 7.16. The van der Waals surface area contributed by atoms with Crippen LogP contribution in [0, 0.1) is 5.82 Å². The summed E-state index contributed by atoms with van der Waals surface area (Å²) in [7, 11) is 1.70. The molecule has 0 aliphatic rings. The van der Waals surface area contributed by atoms with Gasteiger partial charge in [-0.2, -0.15) is 0 Å². The second-order valence-electron chi connectivity index (χ2n) is 4.75. The van der Waals surface area contributed by atoms with Crippen LogP contribution in [0.5, 0.6) is 0 Å². The second-order valence-corrected chi connectivity index (χ2v) is 6.74. The van der Waals surface area contributed by atoms with Crippen LogP contribution in [0.2, 0.25) is 0 Å². The average molecular weight is 344 g/mol. The zero-order chi connectivity index (χ0) is 16.2. The largest absolute Gasteiger partial charge is 0.288 e. The van der Waals surface area contributed by atoms with E-state index in [2.05, 4.69) is 4.98 Å². The first kappa shape index (κ1) is 15.6. The Labute approximate surface area is 141 Å². The number of thiazole rings is 1. The lowest BCUT2D eigenvalue weighted by atomic mass is 10.2. The summed E-state index contributed by atoms with van der Waals surface area (Å²) in [6.07, 6.45) is 4.98. The number of hydrogen-bond donors (Lipinski definition) is 0. The number of carbonyl (C=O) groups is 1. The van der Waals surface area contributed by atoms with Gasteiger partial charge in [0, 0.05) is 34.5 Å². The van der Waals surface area contributed by atoms with E-state index < -0.39 is 0 Å².